The highest BCUT2D eigenvalue weighted by Crippen LogP contribution is 2.44. The molecule has 1 saturated carbocycles. The number of hydrogen-bond acceptors (Lipinski definition) is 6. The third-order valence-corrected chi connectivity index (χ3v) is 6.77. The summed E-state index contributed by atoms with van der Waals surface area (Å²) >= 11 is 0. The molecule has 9 heteroatoms. The molecular weight excluding hydrogens is 450 g/mol. The van der Waals surface area contributed by atoms with Crippen molar-refractivity contribution in [3.05, 3.63) is 77.5 Å². The van der Waals surface area contributed by atoms with Gasteiger partial charge in [0.25, 0.3) is 0 Å². The van der Waals surface area contributed by atoms with Gasteiger partial charge in [0.15, 0.2) is 17.8 Å². The minimum absolute atomic E-state index is 0.0406. The lowest BCUT2D eigenvalue weighted by Gasteiger charge is -2.21. The fourth-order valence-electron chi connectivity index (χ4n) is 5.11. The van der Waals surface area contributed by atoms with E-state index in [2.05, 4.69) is 39.9 Å². The summed E-state index contributed by atoms with van der Waals surface area (Å²) < 4.78 is 10.7. The van der Waals surface area contributed by atoms with Gasteiger partial charge in [0.1, 0.15) is 6.61 Å². The standard InChI is InChI=1S/C26H25N3O6/c30-24(27-12-22-23(25(31)32)28-14-35-22)19-10-5-11-21(19)29-26(33)34-13-20-17-8-3-1-6-15(17)16-7-2-4-9-18(16)20/h1-4,6-9,14,19-21H,5,10-13H2,(H,27,30)(H,29,33)(H,31,32). The van der Waals surface area contributed by atoms with Gasteiger partial charge in [0.05, 0.1) is 12.5 Å². The largest absolute Gasteiger partial charge is 0.476 e. The molecule has 0 saturated heterocycles. The van der Waals surface area contributed by atoms with E-state index in [9.17, 15) is 14.4 Å². The number of carboxylic acid groups (broad SMARTS) is 1. The zero-order valence-corrected chi connectivity index (χ0v) is 18.9. The van der Waals surface area contributed by atoms with Gasteiger partial charge in [0.2, 0.25) is 5.91 Å². The zero-order valence-electron chi connectivity index (χ0n) is 18.9. The van der Waals surface area contributed by atoms with Crippen LogP contribution in [-0.2, 0) is 16.1 Å². The molecule has 2 aromatic carbocycles. The highest BCUT2D eigenvalue weighted by molar-refractivity contribution is 5.86. The Labute approximate surface area is 201 Å². The molecule has 1 heterocycles. The van der Waals surface area contributed by atoms with Crippen molar-refractivity contribution in [2.45, 2.75) is 37.8 Å². The van der Waals surface area contributed by atoms with E-state index in [0.29, 0.717) is 12.8 Å². The van der Waals surface area contributed by atoms with E-state index >= 15 is 0 Å². The Morgan fingerprint density at radius 3 is 2.40 bits per heavy atom. The third-order valence-electron chi connectivity index (χ3n) is 6.77. The second-order valence-corrected chi connectivity index (χ2v) is 8.76. The first-order valence-electron chi connectivity index (χ1n) is 11.6. The number of aromatic carboxylic acids is 1. The number of nitrogens with zero attached hydrogens (tertiary/aromatic N) is 1. The number of carboxylic acids is 1. The van der Waals surface area contributed by atoms with Gasteiger partial charge in [0, 0.05) is 12.0 Å². The molecule has 0 spiro atoms. The van der Waals surface area contributed by atoms with Crippen molar-refractivity contribution in [3.8, 4) is 11.1 Å². The molecule has 2 amide bonds. The van der Waals surface area contributed by atoms with Gasteiger partial charge >= 0.3 is 12.1 Å². The first-order chi connectivity index (χ1) is 17.0. The molecule has 1 aromatic heterocycles. The minimum Gasteiger partial charge on any atom is -0.476 e. The van der Waals surface area contributed by atoms with Crippen molar-refractivity contribution in [1.29, 1.82) is 0 Å². The first kappa shape index (κ1) is 22.6. The number of carbonyl (C=O) groups is 3. The Morgan fingerprint density at radius 1 is 1.03 bits per heavy atom. The van der Waals surface area contributed by atoms with E-state index in [1.165, 1.54) is 0 Å². The van der Waals surface area contributed by atoms with Gasteiger partial charge in [-0.15, -0.1) is 0 Å². The maximum Gasteiger partial charge on any atom is 0.407 e. The van der Waals surface area contributed by atoms with Gasteiger partial charge in [-0.2, -0.15) is 0 Å². The Kier molecular flexibility index (Phi) is 6.22. The van der Waals surface area contributed by atoms with E-state index in [0.717, 1.165) is 35.1 Å². The second kappa shape index (κ2) is 9.61. The average molecular weight is 476 g/mol. The fraction of sp³-hybridized carbons (Fsp3) is 0.308. The summed E-state index contributed by atoms with van der Waals surface area (Å²) in [7, 11) is 0. The van der Waals surface area contributed by atoms with Crippen LogP contribution in [-0.4, -0.2) is 40.7 Å². The molecule has 0 radical (unpaired) electrons. The lowest BCUT2D eigenvalue weighted by Crippen LogP contribution is -2.44. The van der Waals surface area contributed by atoms with Crippen molar-refractivity contribution in [1.82, 2.24) is 15.6 Å². The van der Waals surface area contributed by atoms with Crippen molar-refractivity contribution >= 4 is 18.0 Å². The number of ether oxygens (including phenoxy) is 1. The second-order valence-electron chi connectivity index (χ2n) is 8.76. The summed E-state index contributed by atoms with van der Waals surface area (Å²) in [6, 6.07) is 15.9. The molecule has 3 N–H and O–H groups in total. The highest BCUT2D eigenvalue weighted by Gasteiger charge is 2.35. The summed E-state index contributed by atoms with van der Waals surface area (Å²) in [5, 5.41) is 14.7. The molecule has 9 nitrogen and oxygen atoms in total. The topological polar surface area (TPSA) is 131 Å². The summed E-state index contributed by atoms with van der Waals surface area (Å²) in [5.41, 5.74) is 4.34. The first-order valence-corrected chi connectivity index (χ1v) is 11.6. The summed E-state index contributed by atoms with van der Waals surface area (Å²) in [4.78, 5) is 40.2. The van der Waals surface area contributed by atoms with Crippen LogP contribution in [0.5, 0.6) is 0 Å². The number of rotatable bonds is 7. The van der Waals surface area contributed by atoms with E-state index in [1.54, 1.807) is 0 Å². The van der Waals surface area contributed by atoms with Crippen molar-refractivity contribution < 1.29 is 28.6 Å². The Morgan fingerprint density at radius 2 is 1.71 bits per heavy atom. The maximum absolute atomic E-state index is 12.7. The number of benzene rings is 2. The average Bonchev–Trinajstić information content (AvgIpc) is 3.59. The number of oxazole rings is 1. The molecule has 180 valence electrons. The number of amides is 2. The van der Waals surface area contributed by atoms with Gasteiger partial charge in [-0.3, -0.25) is 4.79 Å². The van der Waals surface area contributed by atoms with Crippen LogP contribution in [0.3, 0.4) is 0 Å². The van der Waals surface area contributed by atoms with E-state index in [4.69, 9.17) is 14.3 Å². The fourth-order valence-corrected chi connectivity index (χ4v) is 5.11. The van der Waals surface area contributed by atoms with Crippen LogP contribution in [0.15, 0.2) is 59.3 Å². The molecule has 2 aliphatic carbocycles. The summed E-state index contributed by atoms with van der Waals surface area (Å²) in [6.45, 7) is 0.113. The molecule has 2 atom stereocenters. The third kappa shape index (κ3) is 4.49. The minimum atomic E-state index is -1.22. The molecular formula is C26H25N3O6. The number of hydrogen-bond donors (Lipinski definition) is 3. The number of nitrogens with one attached hydrogen (secondary N) is 2. The number of alkyl carbamates (subject to hydrolysis) is 1. The number of fused-ring (bicyclic) bond motifs is 3. The molecule has 0 bridgehead atoms. The van der Waals surface area contributed by atoms with E-state index < -0.39 is 18.0 Å². The van der Waals surface area contributed by atoms with Crippen LogP contribution >= 0.6 is 0 Å². The van der Waals surface area contributed by atoms with Crippen LogP contribution in [0.1, 0.15) is 52.6 Å². The zero-order chi connectivity index (χ0) is 24.4. The highest BCUT2D eigenvalue weighted by atomic mass is 16.5. The van der Waals surface area contributed by atoms with Gasteiger partial charge in [-0.05, 0) is 35.1 Å². The quantitative estimate of drug-likeness (QED) is 0.475. The summed E-state index contributed by atoms with van der Waals surface area (Å²) in [5.74, 6) is -1.91. The van der Waals surface area contributed by atoms with Crippen LogP contribution in [0, 0.1) is 5.92 Å². The monoisotopic (exact) mass is 475 g/mol. The van der Waals surface area contributed by atoms with E-state index in [1.807, 2.05) is 24.3 Å². The Hall–Kier alpha value is -4.14. The lowest BCUT2D eigenvalue weighted by molar-refractivity contribution is -0.125. The molecule has 2 aliphatic rings. The predicted octanol–water partition coefficient (Wildman–Crippen LogP) is 3.70. The van der Waals surface area contributed by atoms with Crippen molar-refractivity contribution in [3.63, 3.8) is 0 Å². The number of aromatic nitrogens is 1. The van der Waals surface area contributed by atoms with Gasteiger partial charge in [-0.25, -0.2) is 14.6 Å². The summed E-state index contributed by atoms with van der Waals surface area (Å²) in [6.07, 6.45) is 2.53. The molecule has 5 rings (SSSR count). The van der Waals surface area contributed by atoms with Gasteiger partial charge in [-0.1, -0.05) is 55.0 Å². The van der Waals surface area contributed by atoms with Crippen LogP contribution in [0.25, 0.3) is 11.1 Å². The van der Waals surface area contributed by atoms with Crippen LogP contribution in [0.4, 0.5) is 4.79 Å². The molecule has 0 aliphatic heterocycles. The lowest BCUT2D eigenvalue weighted by atomic mass is 9.98. The Balaban J connectivity index is 1.17. The number of carbonyl (C=O) groups excluding carboxylic acids is 2. The molecule has 3 aromatic rings. The predicted molar refractivity (Wildman–Crippen MR) is 125 cm³/mol. The normalized spacial score (nSPS) is 18.5. The maximum atomic E-state index is 12.7. The molecule has 1 fully saturated rings. The van der Waals surface area contributed by atoms with Crippen molar-refractivity contribution in [2.75, 3.05) is 6.61 Å². The van der Waals surface area contributed by atoms with Gasteiger partial charge < -0.3 is 24.9 Å². The molecule has 35 heavy (non-hydrogen) atoms. The smallest absolute Gasteiger partial charge is 0.407 e. The van der Waals surface area contributed by atoms with E-state index in [-0.39, 0.29) is 42.5 Å². The van der Waals surface area contributed by atoms with Crippen molar-refractivity contribution in [2.24, 2.45) is 5.92 Å². The van der Waals surface area contributed by atoms with Crippen LogP contribution < -0.4 is 10.6 Å². The van der Waals surface area contributed by atoms with Crippen LogP contribution in [0.2, 0.25) is 0 Å². The SMILES string of the molecule is O=C(NC1CCCC1C(=O)NCc1ocnc1C(=O)O)OCC1c2ccccc2-c2ccccc21. The Bertz CT molecular complexity index is 1220. The molecule has 2 unspecified atom stereocenters.